The third-order valence-corrected chi connectivity index (χ3v) is 2.25. The summed E-state index contributed by atoms with van der Waals surface area (Å²) in [7, 11) is 0. The lowest BCUT2D eigenvalue weighted by Crippen LogP contribution is -2.48. The van der Waals surface area contributed by atoms with E-state index in [9.17, 15) is 4.79 Å². The molecule has 4 nitrogen and oxygen atoms in total. The Kier molecular flexibility index (Phi) is 3.99. The Bertz CT molecular complexity index is 379. The van der Waals surface area contributed by atoms with Gasteiger partial charge in [-0.1, -0.05) is 0 Å². The lowest BCUT2D eigenvalue weighted by Gasteiger charge is -2.27. The molecule has 0 aliphatic rings. The van der Waals surface area contributed by atoms with Gasteiger partial charge in [-0.2, -0.15) is 0 Å². The van der Waals surface area contributed by atoms with E-state index in [-0.39, 0.29) is 11.6 Å². The van der Waals surface area contributed by atoms with Crippen LogP contribution in [0.15, 0.2) is 24.3 Å². The fraction of sp³-hybridized carbons (Fsp3) is 0.462. The van der Waals surface area contributed by atoms with E-state index >= 15 is 0 Å². The predicted molar refractivity (Wildman–Crippen MR) is 72.2 cm³/mol. The Balaban J connectivity index is 2.84. The summed E-state index contributed by atoms with van der Waals surface area (Å²) in [4.78, 5) is 13.7. The molecule has 0 aliphatic heterocycles. The van der Waals surface area contributed by atoms with Crippen molar-refractivity contribution in [2.45, 2.75) is 33.2 Å². The standard InChI is InChI=1S/C13H21N3O/c1-5-16(12(17)15-13(2,3)4)11-8-6-10(14)7-9-11/h6-9H,5,14H2,1-4H3,(H,15,17). The van der Waals surface area contributed by atoms with Gasteiger partial charge in [-0.25, -0.2) is 4.79 Å². The molecule has 17 heavy (non-hydrogen) atoms. The zero-order valence-corrected chi connectivity index (χ0v) is 10.9. The van der Waals surface area contributed by atoms with Crippen LogP contribution in [0.25, 0.3) is 0 Å². The van der Waals surface area contributed by atoms with Crippen LogP contribution in [0.5, 0.6) is 0 Å². The smallest absolute Gasteiger partial charge is 0.322 e. The number of urea groups is 1. The van der Waals surface area contributed by atoms with Gasteiger partial charge in [0, 0.05) is 23.5 Å². The van der Waals surface area contributed by atoms with E-state index in [4.69, 9.17) is 5.73 Å². The van der Waals surface area contributed by atoms with Crippen molar-refractivity contribution in [1.29, 1.82) is 0 Å². The number of anilines is 2. The molecular weight excluding hydrogens is 214 g/mol. The maximum Gasteiger partial charge on any atom is 0.322 e. The molecule has 4 heteroatoms. The van der Waals surface area contributed by atoms with E-state index in [1.54, 1.807) is 17.0 Å². The van der Waals surface area contributed by atoms with Crippen molar-refractivity contribution in [1.82, 2.24) is 5.32 Å². The molecule has 0 bridgehead atoms. The SMILES string of the molecule is CCN(C(=O)NC(C)(C)C)c1ccc(N)cc1. The lowest BCUT2D eigenvalue weighted by molar-refractivity contribution is 0.238. The number of nitrogens with zero attached hydrogens (tertiary/aromatic N) is 1. The fourth-order valence-electron chi connectivity index (χ4n) is 1.49. The Morgan fingerprint density at radius 1 is 1.29 bits per heavy atom. The van der Waals surface area contributed by atoms with Crippen LogP contribution < -0.4 is 16.0 Å². The van der Waals surface area contributed by atoms with Gasteiger partial charge in [0.15, 0.2) is 0 Å². The average Bonchev–Trinajstić information content (AvgIpc) is 2.19. The van der Waals surface area contributed by atoms with Gasteiger partial charge in [0.05, 0.1) is 0 Å². The van der Waals surface area contributed by atoms with Crippen LogP contribution in [0.4, 0.5) is 16.2 Å². The lowest BCUT2D eigenvalue weighted by atomic mass is 10.1. The van der Waals surface area contributed by atoms with Crippen LogP contribution in [0, 0.1) is 0 Å². The first-order valence-corrected chi connectivity index (χ1v) is 5.78. The molecule has 1 aromatic rings. The number of carbonyl (C=O) groups excluding carboxylic acids is 1. The third-order valence-electron chi connectivity index (χ3n) is 2.25. The molecule has 3 N–H and O–H groups in total. The van der Waals surface area contributed by atoms with Crippen molar-refractivity contribution in [2.75, 3.05) is 17.2 Å². The van der Waals surface area contributed by atoms with Crippen LogP contribution in [-0.4, -0.2) is 18.1 Å². The largest absolute Gasteiger partial charge is 0.399 e. The molecule has 0 radical (unpaired) electrons. The summed E-state index contributed by atoms with van der Waals surface area (Å²) >= 11 is 0. The van der Waals surface area contributed by atoms with E-state index in [2.05, 4.69) is 5.32 Å². The molecule has 0 fully saturated rings. The highest BCUT2D eigenvalue weighted by molar-refractivity contribution is 5.92. The minimum atomic E-state index is -0.238. The number of carbonyl (C=O) groups is 1. The number of hydrogen-bond acceptors (Lipinski definition) is 2. The summed E-state index contributed by atoms with van der Waals surface area (Å²) in [5.41, 5.74) is 6.94. The number of hydrogen-bond donors (Lipinski definition) is 2. The Morgan fingerprint density at radius 2 is 1.82 bits per heavy atom. The number of nitrogens with two attached hydrogens (primary N) is 1. The highest BCUT2D eigenvalue weighted by atomic mass is 16.2. The van der Waals surface area contributed by atoms with Gasteiger partial charge in [-0.3, -0.25) is 4.90 Å². The van der Waals surface area contributed by atoms with E-state index in [0.717, 1.165) is 5.69 Å². The van der Waals surface area contributed by atoms with E-state index in [1.165, 1.54) is 0 Å². The zero-order chi connectivity index (χ0) is 13.1. The van der Waals surface area contributed by atoms with Crippen LogP contribution in [-0.2, 0) is 0 Å². The van der Waals surface area contributed by atoms with Crippen LogP contribution in [0.1, 0.15) is 27.7 Å². The molecule has 0 saturated heterocycles. The fourth-order valence-corrected chi connectivity index (χ4v) is 1.49. The van der Waals surface area contributed by atoms with E-state index < -0.39 is 0 Å². The predicted octanol–water partition coefficient (Wildman–Crippen LogP) is 2.60. The number of nitrogen functional groups attached to an aromatic ring is 1. The minimum Gasteiger partial charge on any atom is -0.399 e. The minimum absolute atomic E-state index is 0.0928. The van der Waals surface area contributed by atoms with Crippen molar-refractivity contribution < 1.29 is 4.79 Å². The molecule has 0 aromatic heterocycles. The number of amides is 2. The van der Waals surface area contributed by atoms with Crippen molar-refractivity contribution in [2.24, 2.45) is 0 Å². The second kappa shape index (κ2) is 5.08. The highest BCUT2D eigenvalue weighted by Crippen LogP contribution is 2.16. The molecular formula is C13H21N3O. The Hall–Kier alpha value is -1.71. The van der Waals surface area contributed by atoms with Crippen LogP contribution >= 0.6 is 0 Å². The highest BCUT2D eigenvalue weighted by Gasteiger charge is 2.19. The van der Waals surface area contributed by atoms with Gasteiger partial charge in [0.25, 0.3) is 0 Å². The van der Waals surface area contributed by atoms with Crippen molar-refractivity contribution in [3.05, 3.63) is 24.3 Å². The van der Waals surface area contributed by atoms with E-state index in [1.807, 2.05) is 39.8 Å². The van der Waals surface area contributed by atoms with Gasteiger partial charge in [-0.15, -0.1) is 0 Å². The molecule has 2 amide bonds. The molecule has 94 valence electrons. The second-order valence-corrected chi connectivity index (χ2v) is 5.02. The summed E-state index contributed by atoms with van der Waals surface area (Å²) < 4.78 is 0. The monoisotopic (exact) mass is 235 g/mol. The van der Waals surface area contributed by atoms with Gasteiger partial charge in [-0.05, 0) is 52.0 Å². The third kappa shape index (κ3) is 3.98. The number of rotatable bonds is 2. The second-order valence-electron chi connectivity index (χ2n) is 5.02. The number of nitrogens with one attached hydrogen (secondary N) is 1. The summed E-state index contributed by atoms with van der Waals surface area (Å²) in [6.45, 7) is 8.44. The maximum absolute atomic E-state index is 12.1. The van der Waals surface area contributed by atoms with E-state index in [0.29, 0.717) is 12.2 Å². The van der Waals surface area contributed by atoms with Gasteiger partial charge < -0.3 is 11.1 Å². The summed E-state index contributed by atoms with van der Waals surface area (Å²) in [6, 6.07) is 7.19. The topological polar surface area (TPSA) is 58.4 Å². The maximum atomic E-state index is 12.1. The first-order chi connectivity index (χ1) is 7.83. The zero-order valence-electron chi connectivity index (χ0n) is 10.9. The first kappa shape index (κ1) is 13.4. The number of benzene rings is 1. The van der Waals surface area contributed by atoms with Gasteiger partial charge >= 0.3 is 6.03 Å². The Labute approximate surface area is 103 Å². The summed E-state index contributed by atoms with van der Waals surface area (Å²) in [5, 5.41) is 2.94. The molecule has 0 aliphatic carbocycles. The average molecular weight is 235 g/mol. The van der Waals surface area contributed by atoms with Crippen molar-refractivity contribution in [3.8, 4) is 0 Å². The molecule has 0 atom stereocenters. The summed E-state index contributed by atoms with van der Waals surface area (Å²) in [5.74, 6) is 0. The van der Waals surface area contributed by atoms with Crippen LogP contribution in [0.2, 0.25) is 0 Å². The van der Waals surface area contributed by atoms with Crippen LogP contribution in [0.3, 0.4) is 0 Å². The summed E-state index contributed by atoms with van der Waals surface area (Å²) in [6.07, 6.45) is 0. The van der Waals surface area contributed by atoms with Gasteiger partial charge in [0.2, 0.25) is 0 Å². The first-order valence-electron chi connectivity index (χ1n) is 5.78. The quantitative estimate of drug-likeness (QED) is 0.774. The normalized spacial score (nSPS) is 11.1. The molecule has 1 rings (SSSR count). The molecule has 0 heterocycles. The van der Waals surface area contributed by atoms with Crippen molar-refractivity contribution in [3.63, 3.8) is 0 Å². The van der Waals surface area contributed by atoms with Gasteiger partial charge in [0.1, 0.15) is 0 Å². The molecule has 0 unspecified atom stereocenters. The Morgan fingerprint density at radius 3 is 2.24 bits per heavy atom. The molecule has 0 saturated carbocycles. The molecule has 0 spiro atoms. The molecule has 1 aromatic carbocycles. The van der Waals surface area contributed by atoms with Crippen molar-refractivity contribution >= 4 is 17.4 Å².